The lowest BCUT2D eigenvalue weighted by Crippen LogP contribution is -2.50. The van der Waals surface area contributed by atoms with E-state index in [1.54, 1.807) is 17.4 Å². The maximum Gasteiger partial charge on any atom is 0.260 e. The third-order valence-electron chi connectivity index (χ3n) is 6.74. The first-order valence-electron chi connectivity index (χ1n) is 11.3. The zero-order valence-electron chi connectivity index (χ0n) is 18.1. The Bertz CT molecular complexity index is 1360. The molecule has 0 N–H and O–H groups in total. The van der Waals surface area contributed by atoms with Crippen LogP contribution in [0, 0.1) is 5.92 Å². The van der Waals surface area contributed by atoms with Crippen LogP contribution in [0.25, 0.3) is 20.5 Å². The van der Waals surface area contributed by atoms with E-state index in [9.17, 15) is 9.59 Å². The summed E-state index contributed by atoms with van der Waals surface area (Å²) >= 11 is 1.76. The highest BCUT2D eigenvalue weighted by atomic mass is 32.1. The number of aromatic nitrogens is 1. The minimum Gasteiger partial charge on any atom is -0.484 e. The van der Waals surface area contributed by atoms with Gasteiger partial charge in [0.15, 0.2) is 6.61 Å². The zero-order chi connectivity index (χ0) is 22.4. The topological polar surface area (TPSA) is 51.5 Å². The molecule has 0 saturated carbocycles. The van der Waals surface area contributed by atoms with E-state index in [2.05, 4.69) is 30.3 Å². The largest absolute Gasteiger partial charge is 0.484 e. The van der Waals surface area contributed by atoms with Crippen molar-refractivity contribution in [1.29, 1.82) is 0 Å². The number of fused-ring (bicyclic) bond motifs is 5. The molecule has 6 rings (SSSR count). The van der Waals surface area contributed by atoms with Gasteiger partial charge in [-0.15, -0.1) is 11.3 Å². The van der Waals surface area contributed by atoms with Crippen LogP contribution < -0.4 is 10.3 Å². The minimum absolute atomic E-state index is 0.00342. The Labute approximate surface area is 195 Å². The Morgan fingerprint density at radius 2 is 1.79 bits per heavy atom. The molecule has 1 fully saturated rings. The van der Waals surface area contributed by atoms with Gasteiger partial charge in [0.05, 0.1) is 0 Å². The number of ether oxygens (including phenoxy) is 1. The molecule has 0 aliphatic carbocycles. The fourth-order valence-corrected chi connectivity index (χ4v) is 6.39. The minimum atomic E-state index is 0.00342. The highest BCUT2D eigenvalue weighted by Crippen LogP contribution is 2.42. The average Bonchev–Trinajstić information content (AvgIpc) is 3.28. The number of amides is 1. The van der Waals surface area contributed by atoms with E-state index < -0.39 is 0 Å². The first-order chi connectivity index (χ1) is 16.2. The van der Waals surface area contributed by atoms with Gasteiger partial charge in [-0.05, 0) is 48.1 Å². The van der Waals surface area contributed by atoms with Crippen molar-refractivity contribution in [2.45, 2.75) is 18.9 Å². The second-order valence-corrected chi connectivity index (χ2v) is 10.0. The Kier molecular flexibility index (Phi) is 5.03. The van der Waals surface area contributed by atoms with Gasteiger partial charge in [0.1, 0.15) is 5.75 Å². The monoisotopic (exact) mass is 456 g/mol. The van der Waals surface area contributed by atoms with Crippen molar-refractivity contribution >= 4 is 27.3 Å². The standard InChI is InChI=1S/C27H24N2O3S/c30-25-11-10-22(24-13-19-6-4-5-9-23(19)33-24)27-20-12-18(15-29(25)27)14-28(16-20)26(31)17-32-21-7-2-1-3-8-21/h1-11,13,18,20H,12,14-17H2/t18-,20+/m0/s1. The lowest BCUT2D eigenvalue weighted by Gasteiger charge is -2.43. The van der Waals surface area contributed by atoms with Crippen LogP contribution in [0.2, 0.25) is 0 Å². The van der Waals surface area contributed by atoms with Crippen molar-refractivity contribution in [1.82, 2.24) is 9.47 Å². The van der Waals surface area contributed by atoms with E-state index in [0.717, 1.165) is 17.7 Å². The molecular formula is C27H24N2O3S. The van der Waals surface area contributed by atoms with Crippen molar-refractivity contribution in [2.24, 2.45) is 5.92 Å². The van der Waals surface area contributed by atoms with Crippen molar-refractivity contribution in [2.75, 3.05) is 19.7 Å². The van der Waals surface area contributed by atoms with E-state index >= 15 is 0 Å². The molecule has 2 aliphatic rings. The van der Waals surface area contributed by atoms with E-state index in [-0.39, 0.29) is 29.9 Å². The number of hydrogen-bond acceptors (Lipinski definition) is 4. The van der Waals surface area contributed by atoms with Crippen LogP contribution in [-0.2, 0) is 11.3 Å². The van der Waals surface area contributed by atoms with E-state index in [1.165, 1.54) is 15.0 Å². The van der Waals surface area contributed by atoms with Crippen LogP contribution in [0.5, 0.6) is 5.75 Å². The van der Waals surface area contributed by atoms with Gasteiger partial charge in [0.2, 0.25) is 0 Å². The molecule has 4 heterocycles. The van der Waals surface area contributed by atoms with Gasteiger partial charge in [-0.2, -0.15) is 0 Å². The second kappa shape index (κ2) is 8.19. The second-order valence-electron chi connectivity index (χ2n) is 8.93. The molecule has 4 aromatic rings. The van der Waals surface area contributed by atoms with Crippen molar-refractivity contribution < 1.29 is 9.53 Å². The summed E-state index contributed by atoms with van der Waals surface area (Å²) < 4.78 is 8.91. The zero-order valence-corrected chi connectivity index (χ0v) is 19.0. The molecule has 2 aromatic heterocycles. The SMILES string of the molecule is O=C(COc1ccccc1)N1C[C@@H]2C[C@H](C1)c1c(-c3cc4ccccc4s3)ccc(=O)n1C2. The molecule has 5 nitrogen and oxygen atoms in total. The first-order valence-corrected chi connectivity index (χ1v) is 12.2. The summed E-state index contributed by atoms with van der Waals surface area (Å²) in [6.07, 6.45) is 1.00. The average molecular weight is 457 g/mol. The highest BCUT2D eigenvalue weighted by Gasteiger charge is 2.38. The number of likely N-dealkylation sites (tertiary alicyclic amines) is 1. The lowest BCUT2D eigenvalue weighted by molar-refractivity contribution is -0.136. The molecule has 2 atom stereocenters. The molecule has 2 aliphatic heterocycles. The summed E-state index contributed by atoms with van der Waals surface area (Å²) in [6.45, 7) is 1.99. The maximum absolute atomic E-state index is 13.0. The Morgan fingerprint density at radius 1 is 0.970 bits per heavy atom. The number of carbonyl (C=O) groups excluding carboxylic acids is 1. The normalized spacial score (nSPS) is 19.3. The number of nitrogens with zero attached hydrogens (tertiary/aromatic N) is 2. The summed E-state index contributed by atoms with van der Waals surface area (Å²) in [6, 6.07) is 23.7. The Morgan fingerprint density at radius 3 is 2.64 bits per heavy atom. The molecule has 2 aromatic carbocycles. The molecule has 33 heavy (non-hydrogen) atoms. The number of para-hydroxylation sites is 1. The predicted octanol–water partition coefficient (Wildman–Crippen LogP) is 4.75. The fourth-order valence-electron chi connectivity index (χ4n) is 5.29. The summed E-state index contributed by atoms with van der Waals surface area (Å²) in [5, 5.41) is 1.22. The predicted molar refractivity (Wildman–Crippen MR) is 131 cm³/mol. The molecule has 6 heteroatoms. The number of rotatable bonds is 4. The summed E-state index contributed by atoms with van der Waals surface area (Å²) in [4.78, 5) is 28.9. The molecule has 1 amide bonds. The van der Waals surface area contributed by atoms with Gasteiger partial charge in [0.25, 0.3) is 11.5 Å². The number of piperidine rings is 1. The van der Waals surface area contributed by atoms with E-state index in [0.29, 0.717) is 25.4 Å². The Balaban J connectivity index is 1.30. The number of hydrogen-bond donors (Lipinski definition) is 0. The van der Waals surface area contributed by atoms with Crippen LogP contribution in [0.1, 0.15) is 18.0 Å². The van der Waals surface area contributed by atoms with Crippen molar-refractivity contribution in [3.8, 4) is 16.2 Å². The van der Waals surface area contributed by atoms with Crippen LogP contribution in [0.4, 0.5) is 0 Å². The van der Waals surface area contributed by atoms with Crippen LogP contribution in [0.3, 0.4) is 0 Å². The number of carbonyl (C=O) groups is 1. The van der Waals surface area contributed by atoms with Crippen LogP contribution >= 0.6 is 11.3 Å². The van der Waals surface area contributed by atoms with E-state index in [4.69, 9.17) is 4.74 Å². The van der Waals surface area contributed by atoms with Gasteiger partial charge >= 0.3 is 0 Å². The smallest absolute Gasteiger partial charge is 0.260 e. The highest BCUT2D eigenvalue weighted by molar-refractivity contribution is 7.22. The van der Waals surface area contributed by atoms with Crippen LogP contribution in [-0.4, -0.2) is 35.1 Å². The van der Waals surface area contributed by atoms with Gasteiger partial charge < -0.3 is 14.2 Å². The van der Waals surface area contributed by atoms with Crippen molar-refractivity contribution in [3.05, 3.63) is 88.8 Å². The third kappa shape index (κ3) is 3.74. The van der Waals surface area contributed by atoms with E-state index in [1.807, 2.05) is 45.9 Å². The van der Waals surface area contributed by atoms with Crippen LogP contribution in [0.15, 0.2) is 77.6 Å². The lowest BCUT2D eigenvalue weighted by atomic mass is 9.81. The number of pyridine rings is 1. The Hall–Kier alpha value is -3.38. The van der Waals surface area contributed by atoms with Crippen molar-refractivity contribution in [3.63, 3.8) is 0 Å². The maximum atomic E-state index is 13.0. The quantitative estimate of drug-likeness (QED) is 0.445. The van der Waals surface area contributed by atoms with Gasteiger partial charge in [-0.3, -0.25) is 9.59 Å². The molecule has 0 radical (unpaired) electrons. The first kappa shape index (κ1) is 20.2. The molecule has 166 valence electrons. The molecular weight excluding hydrogens is 432 g/mol. The molecule has 1 saturated heterocycles. The molecule has 0 spiro atoms. The summed E-state index contributed by atoms with van der Waals surface area (Å²) in [5.74, 6) is 1.13. The third-order valence-corrected chi connectivity index (χ3v) is 7.89. The molecule has 0 unspecified atom stereocenters. The van der Waals surface area contributed by atoms with Gasteiger partial charge in [0, 0.05) is 52.5 Å². The van der Waals surface area contributed by atoms with Gasteiger partial charge in [-0.25, -0.2) is 0 Å². The summed E-state index contributed by atoms with van der Waals surface area (Å²) in [7, 11) is 0. The number of benzene rings is 2. The summed E-state index contributed by atoms with van der Waals surface area (Å²) in [5.41, 5.74) is 2.25. The van der Waals surface area contributed by atoms with Gasteiger partial charge in [-0.1, -0.05) is 36.4 Å². The molecule has 2 bridgehead atoms. The fraction of sp³-hybridized carbons (Fsp3) is 0.259. The number of thiophene rings is 1.